The van der Waals surface area contributed by atoms with Gasteiger partial charge in [0, 0.05) is 12.6 Å². The minimum Gasteiger partial charge on any atom is -0.491 e. The molecule has 2 atom stereocenters. The molecule has 15 heavy (non-hydrogen) atoms. The van der Waals surface area contributed by atoms with Crippen LogP contribution in [0, 0.1) is 0 Å². The predicted molar refractivity (Wildman–Crippen MR) is 59.4 cm³/mol. The number of hydrogen-bond acceptors (Lipinski definition) is 3. The summed E-state index contributed by atoms with van der Waals surface area (Å²) >= 11 is 0. The van der Waals surface area contributed by atoms with E-state index in [4.69, 9.17) is 15.2 Å². The highest BCUT2D eigenvalue weighted by molar-refractivity contribution is 5.19. The summed E-state index contributed by atoms with van der Waals surface area (Å²) < 4.78 is 11.3. The Morgan fingerprint density at radius 3 is 3.07 bits per heavy atom. The van der Waals surface area contributed by atoms with E-state index in [0.717, 1.165) is 25.2 Å². The molecule has 1 saturated heterocycles. The third kappa shape index (κ3) is 3.36. The van der Waals surface area contributed by atoms with Crippen molar-refractivity contribution in [1.29, 1.82) is 0 Å². The van der Waals surface area contributed by atoms with Crippen molar-refractivity contribution >= 4 is 0 Å². The Labute approximate surface area is 90.9 Å². The standard InChI is InChI=1S/C12H19NO2/c13-10-4-6-11(7-5-10)15-9-12-3-1-2-8-14-12/h4,6-7,10,12H,1-3,5,8-9,13H2. The Morgan fingerprint density at radius 2 is 2.40 bits per heavy atom. The van der Waals surface area contributed by atoms with Gasteiger partial charge in [-0.05, 0) is 37.8 Å². The quantitative estimate of drug-likeness (QED) is 0.770. The molecule has 1 fully saturated rings. The van der Waals surface area contributed by atoms with Crippen LogP contribution in [0.1, 0.15) is 25.7 Å². The molecular formula is C12H19NO2. The normalized spacial score (nSPS) is 31.1. The number of nitrogens with two attached hydrogens (primary N) is 1. The first-order valence-corrected chi connectivity index (χ1v) is 5.73. The van der Waals surface area contributed by atoms with E-state index in [9.17, 15) is 0 Å². The van der Waals surface area contributed by atoms with Crippen molar-refractivity contribution in [3.05, 3.63) is 24.0 Å². The Kier molecular flexibility index (Phi) is 3.80. The van der Waals surface area contributed by atoms with E-state index in [1.54, 1.807) is 0 Å². The smallest absolute Gasteiger partial charge is 0.115 e. The van der Waals surface area contributed by atoms with Gasteiger partial charge in [-0.2, -0.15) is 0 Å². The first-order chi connectivity index (χ1) is 7.34. The van der Waals surface area contributed by atoms with Crippen LogP contribution in [0.2, 0.25) is 0 Å². The van der Waals surface area contributed by atoms with Gasteiger partial charge in [0.1, 0.15) is 12.4 Å². The Hall–Kier alpha value is -0.800. The molecule has 0 amide bonds. The van der Waals surface area contributed by atoms with Gasteiger partial charge in [-0.25, -0.2) is 0 Å². The van der Waals surface area contributed by atoms with Gasteiger partial charge in [0.15, 0.2) is 0 Å². The second kappa shape index (κ2) is 5.33. The van der Waals surface area contributed by atoms with E-state index < -0.39 is 0 Å². The van der Waals surface area contributed by atoms with E-state index in [0.29, 0.717) is 6.61 Å². The van der Waals surface area contributed by atoms with Crippen molar-refractivity contribution in [1.82, 2.24) is 0 Å². The van der Waals surface area contributed by atoms with Gasteiger partial charge in [-0.15, -0.1) is 0 Å². The molecule has 0 aromatic heterocycles. The topological polar surface area (TPSA) is 44.5 Å². The van der Waals surface area contributed by atoms with Crippen LogP contribution < -0.4 is 5.73 Å². The molecule has 2 rings (SSSR count). The Bertz CT molecular complexity index is 254. The molecular weight excluding hydrogens is 190 g/mol. The highest BCUT2D eigenvalue weighted by Gasteiger charge is 2.15. The lowest BCUT2D eigenvalue weighted by Crippen LogP contribution is -2.24. The monoisotopic (exact) mass is 209 g/mol. The van der Waals surface area contributed by atoms with Crippen molar-refractivity contribution < 1.29 is 9.47 Å². The Balaban J connectivity index is 1.71. The van der Waals surface area contributed by atoms with Crippen molar-refractivity contribution in [2.75, 3.05) is 13.2 Å². The van der Waals surface area contributed by atoms with Crippen LogP contribution >= 0.6 is 0 Å². The molecule has 0 radical (unpaired) electrons. The Morgan fingerprint density at radius 1 is 1.47 bits per heavy atom. The van der Waals surface area contributed by atoms with Crippen LogP contribution in [0.5, 0.6) is 0 Å². The molecule has 0 aromatic rings. The van der Waals surface area contributed by atoms with Crippen LogP contribution in [0.25, 0.3) is 0 Å². The maximum absolute atomic E-state index is 5.72. The summed E-state index contributed by atoms with van der Waals surface area (Å²) in [4.78, 5) is 0. The molecule has 2 N–H and O–H groups in total. The number of rotatable bonds is 3. The SMILES string of the molecule is NC1C=CC(OCC2CCCCO2)=CC1. The average Bonchev–Trinajstić information content (AvgIpc) is 2.30. The first kappa shape index (κ1) is 10.7. The number of allylic oxidation sites excluding steroid dienone is 1. The fourth-order valence-electron chi connectivity index (χ4n) is 1.85. The summed E-state index contributed by atoms with van der Waals surface area (Å²) in [6.07, 6.45) is 10.7. The predicted octanol–water partition coefficient (Wildman–Crippen LogP) is 1.74. The third-order valence-corrected chi connectivity index (χ3v) is 2.81. The van der Waals surface area contributed by atoms with E-state index in [2.05, 4.69) is 0 Å². The second-order valence-corrected chi connectivity index (χ2v) is 4.16. The van der Waals surface area contributed by atoms with Crippen molar-refractivity contribution in [3.8, 4) is 0 Å². The van der Waals surface area contributed by atoms with E-state index >= 15 is 0 Å². The molecule has 0 bridgehead atoms. The molecule has 0 saturated carbocycles. The lowest BCUT2D eigenvalue weighted by Gasteiger charge is -2.23. The largest absolute Gasteiger partial charge is 0.491 e. The molecule has 2 aliphatic rings. The first-order valence-electron chi connectivity index (χ1n) is 5.73. The molecule has 0 spiro atoms. The van der Waals surface area contributed by atoms with Crippen LogP contribution in [0.3, 0.4) is 0 Å². The van der Waals surface area contributed by atoms with Crippen LogP contribution in [0.4, 0.5) is 0 Å². The highest BCUT2D eigenvalue weighted by atomic mass is 16.5. The van der Waals surface area contributed by atoms with Gasteiger partial charge in [0.25, 0.3) is 0 Å². The summed E-state index contributed by atoms with van der Waals surface area (Å²) in [5.41, 5.74) is 5.72. The maximum Gasteiger partial charge on any atom is 0.115 e. The zero-order chi connectivity index (χ0) is 10.5. The fraction of sp³-hybridized carbons (Fsp3) is 0.667. The average molecular weight is 209 g/mol. The summed E-state index contributed by atoms with van der Waals surface area (Å²) in [5.74, 6) is 0.936. The summed E-state index contributed by atoms with van der Waals surface area (Å²) in [7, 11) is 0. The number of ether oxygens (including phenoxy) is 2. The molecule has 84 valence electrons. The molecule has 1 aliphatic carbocycles. The van der Waals surface area contributed by atoms with E-state index in [-0.39, 0.29) is 12.1 Å². The van der Waals surface area contributed by atoms with Crippen molar-refractivity contribution in [2.45, 2.75) is 37.8 Å². The lowest BCUT2D eigenvalue weighted by atomic mass is 10.1. The van der Waals surface area contributed by atoms with Gasteiger partial charge in [-0.3, -0.25) is 0 Å². The van der Waals surface area contributed by atoms with Gasteiger partial charge < -0.3 is 15.2 Å². The molecule has 0 aromatic carbocycles. The third-order valence-electron chi connectivity index (χ3n) is 2.81. The molecule has 3 nitrogen and oxygen atoms in total. The zero-order valence-electron chi connectivity index (χ0n) is 9.02. The van der Waals surface area contributed by atoms with Gasteiger partial charge in [0.2, 0.25) is 0 Å². The molecule has 1 aliphatic heterocycles. The van der Waals surface area contributed by atoms with E-state index in [1.165, 1.54) is 12.8 Å². The van der Waals surface area contributed by atoms with Gasteiger partial charge in [-0.1, -0.05) is 6.08 Å². The van der Waals surface area contributed by atoms with Gasteiger partial charge >= 0.3 is 0 Å². The van der Waals surface area contributed by atoms with Crippen LogP contribution in [0.15, 0.2) is 24.0 Å². The summed E-state index contributed by atoms with van der Waals surface area (Å²) in [6, 6.07) is 0.156. The zero-order valence-corrected chi connectivity index (χ0v) is 9.02. The number of hydrogen-bond donors (Lipinski definition) is 1. The van der Waals surface area contributed by atoms with Crippen LogP contribution in [-0.2, 0) is 9.47 Å². The lowest BCUT2D eigenvalue weighted by molar-refractivity contribution is -0.0244. The fourth-order valence-corrected chi connectivity index (χ4v) is 1.85. The minimum atomic E-state index is 0.156. The minimum absolute atomic E-state index is 0.156. The highest BCUT2D eigenvalue weighted by Crippen LogP contribution is 2.16. The maximum atomic E-state index is 5.72. The van der Waals surface area contributed by atoms with Gasteiger partial charge in [0.05, 0.1) is 6.10 Å². The van der Waals surface area contributed by atoms with Crippen molar-refractivity contribution in [2.24, 2.45) is 5.73 Å². The molecule has 3 heteroatoms. The van der Waals surface area contributed by atoms with Crippen LogP contribution in [-0.4, -0.2) is 25.4 Å². The molecule has 1 heterocycles. The van der Waals surface area contributed by atoms with Crippen molar-refractivity contribution in [3.63, 3.8) is 0 Å². The van der Waals surface area contributed by atoms with E-state index in [1.807, 2.05) is 18.2 Å². The summed E-state index contributed by atoms with van der Waals surface area (Å²) in [6.45, 7) is 1.55. The molecule has 2 unspecified atom stereocenters. The summed E-state index contributed by atoms with van der Waals surface area (Å²) in [5, 5.41) is 0. The second-order valence-electron chi connectivity index (χ2n) is 4.16.